The minimum Gasteiger partial charge on any atom is -0.330 e. The molecule has 0 amide bonds. The number of aromatic nitrogens is 2. The highest BCUT2D eigenvalue weighted by Gasteiger charge is 2.13. The number of halogens is 1. The van der Waals surface area contributed by atoms with Crippen molar-refractivity contribution in [3.05, 3.63) is 45.2 Å². The molecule has 0 radical (unpaired) electrons. The number of benzene rings is 1. The van der Waals surface area contributed by atoms with Crippen LogP contribution in [0.15, 0.2) is 22.7 Å². The first-order valence-corrected chi connectivity index (χ1v) is 6.85. The molecule has 3 nitrogen and oxygen atoms in total. The molecule has 0 spiro atoms. The summed E-state index contributed by atoms with van der Waals surface area (Å²) in [4.78, 5) is 0. The first kappa shape index (κ1) is 13.3. The Bertz CT molecular complexity index is 573. The van der Waals surface area contributed by atoms with Crippen molar-refractivity contribution >= 4 is 15.9 Å². The lowest BCUT2D eigenvalue weighted by Crippen LogP contribution is -2.05. The van der Waals surface area contributed by atoms with Crippen LogP contribution >= 0.6 is 15.9 Å². The fourth-order valence-electron chi connectivity index (χ4n) is 2.27. The molecule has 0 saturated carbocycles. The molecule has 0 aliphatic heterocycles. The van der Waals surface area contributed by atoms with E-state index in [9.17, 15) is 0 Å². The van der Waals surface area contributed by atoms with Gasteiger partial charge in [0.25, 0.3) is 0 Å². The monoisotopic (exact) mass is 307 g/mol. The van der Waals surface area contributed by atoms with Gasteiger partial charge in [-0.05, 0) is 63.1 Å². The van der Waals surface area contributed by atoms with Crippen molar-refractivity contribution in [2.24, 2.45) is 5.73 Å². The van der Waals surface area contributed by atoms with Crippen LogP contribution < -0.4 is 5.73 Å². The van der Waals surface area contributed by atoms with E-state index < -0.39 is 0 Å². The Labute approximate surface area is 116 Å². The molecule has 1 aromatic heterocycles. The molecule has 0 bridgehead atoms. The molecule has 0 aliphatic carbocycles. The fourth-order valence-corrected chi connectivity index (χ4v) is 2.75. The van der Waals surface area contributed by atoms with E-state index >= 15 is 0 Å². The van der Waals surface area contributed by atoms with Gasteiger partial charge in [-0.1, -0.05) is 15.9 Å². The van der Waals surface area contributed by atoms with Gasteiger partial charge < -0.3 is 5.73 Å². The summed E-state index contributed by atoms with van der Waals surface area (Å²) in [6.07, 6.45) is 0.882. The van der Waals surface area contributed by atoms with Crippen molar-refractivity contribution in [2.45, 2.75) is 27.2 Å². The Morgan fingerprint density at radius 1 is 1.28 bits per heavy atom. The standard InChI is InChI=1S/C14H18BrN3/c1-9-8-12(15)4-5-14(9)18-11(3)13(6-7-16)10(2)17-18/h4-5,8H,6-7,16H2,1-3H3. The summed E-state index contributed by atoms with van der Waals surface area (Å²) in [7, 11) is 0. The topological polar surface area (TPSA) is 43.8 Å². The molecule has 0 unspecified atom stereocenters. The Balaban J connectivity index is 2.54. The van der Waals surface area contributed by atoms with Gasteiger partial charge in [0.2, 0.25) is 0 Å². The summed E-state index contributed by atoms with van der Waals surface area (Å²) in [5.41, 5.74) is 11.5. The number of hydrogen-bond acceptors (Lipinski definition) is 2. The van der Waals surface area contributed by atoms with Gasteiger partial charge in [0.05, 0.1) is 11.4 Å². The van der Waals surface area contributed by atoms with E-state index in [1.54, 1.807) is 0 Å². The van der Waals surface area contributed by atoms with E-state index in [0.29, 0.717) is 6.54 Å². The SMILES string of the molecule is Cc1cc(Br)ccc1-n1nc(C)c(CCN)c1C. The molecule has 1 aromatic carbocycles. The maximum Gasteiger partial charge on any atom is 0.0678 e. The van der Waals surface area contributed by atoms with E-state index in [1.165, 1.54) is 16.8 Å². The van der Waals surface area contributed by atoms with Gasteiger partial charge in [-0.3, -0.25) is 0 Å². The molecule has 2 N–H and O–H groups in total. The van der Waals surface area contributed by atoms with E-state index in [0.717, 1.165) is 22.3 Å². The third-order valence-electron chi connectivity index (χ3n) is 3.22. The van der Waals surface area contributed by atoms with E-state index in [2.05, 4.69) is 47.0 Å². The minimum atomic E-state index is 0.659. The van der Waals surface area contributed by atoms with Gasteiger partial charge in [-0.25, -0.2) is 4.68 Å². The quantitative estimate of drug-likeness (QED) is 0.947. The average molecular weight is 308 g/mol. The number of nitrogens with two attached hydrogens (primary N) is 1. The number of hydrogen-bond donors (Lipinski definition) is 1. The molecule has 2 aromatic rings. The van der Waals surface area contributed by atoms with Crippen LogP contribution in [0.4, 0.5) is 0 Å². The maximum atomic E-state index is 5.65. The molecular weight excluding hydrogens is 290 g/mol. The van der Waals surface area contributed by atoms with Crippen LogP contribution in [0.5, 0.6) is 0 Å². The summed E-state index contributed by atoms with van der Waals surface area (Å²) in [6, 6.07) is 6.24. The molecule has 0 fully saturated rings. The normalized spacial score (nSPS) is 10.9. The fraction of sp³-hybridized carbons (Fsp3) is 0.357. The van der Waals surface area contributed by atoms with Crippen LogP contribution in [0.25, 0.3) is 5.69 Å². The maximum absolute atomic E-state index is 5.65. The van der Waals surface area contributed by atoms with E-state index in [4.69, 9.17) is 5.73 Å². The summed E-state index contributed by atoms with van der Waals surface area (Å²) in [5.74, 6) is 0. The molecule has 96 valence electrons. The Morgan fingerprint density at radius 3 is 2.61 bits per heavy atom. The van der Waals surface area contributed by atoms with Crippen molar-refractivity contribution in [3.8, 4) is 5.69 Å². The minimum absolute atomic E-state index is 0.659. The Hall–Kier alpha value is -1.13. The molecule has 0 atom stereocenters. The smallest absolute Gasteiger partial charge is 0.0678 e. The Kier molecular flexibility index (Phi) is 3.88. The van der Waals surface area contributed by atoms with Crippen molar-refractivity contribution in [1.29, 1.82) is 0 Å². The van der Waals surface area contributed by atoms with Gasteiger partial charge in [0.1, 0.15) is 0 Å². The second-order valence-corrected chi connectivity index (χ2v) is 5.45. The van der Waals surface area contributed by atoms with Crippen LogP contribution in [-0.4, -0.2) is 16.3 Å². The first-order chi connectivity index (χ1) is 8.54. The van der Waals surface area contributed by atoms with Crippen LogP contribution in [0.1, 0.15) is 22.5 Å². The molecule has 0 saturated heterocycles. The lowest BCUT2D eigenvalue weighted by Gasteiger charge is -2.09. The van der Waals surface area contributed by atoms with Gasteiger partial charge in [0, 0.05) is 10.2 Å². The predicted octanol–water partition coefficient (Wildman–Crippen LogP) is 3.06. The van der Waals surface area contributed by atoms with Gasteiger partial charge in [-0.2, -0.15) is 5.10 Å². The second-order valence-electron chi connectivity index (χ2n) is 4.53. The highest BCUT2D eigenvalue weighted by molar-refractivity contribution is 9.10. The number of rotatable bonds is 3. The largest absolute Gasteiger partial charge is 0.330 e. The molecular formula is C14H18BrN3. The van der Waals surface area contributed by atoms with Crippen LogP contribution in [0.2, 0.25) is 0 Å². The highest BCUT2D eigenvalue weighted by Crippen LogP contribution is 2.23. The zero-order valence-corrected chi connectivity index (χ0v) is 12.6. The van der Waals surface area contributed by atoms with Crippen molar-refractivity contribution in [1.82, 2.24) is 9.78 Å². The van der Waals surface area contributed by atoms with Gasteiger partial charge >= 0.3 is 0 Å². The summed E-state index contributed by atoms with van der Waals surface area (Å²) in [6.45, 7) is 6.90. The number of nitrogens with zero attached hydrogens (tertiary/aromatic N) is 2. The zero-order valence-electron chi connectivity index (χ0n) is 11.0. The van der Waals surface area contributed by atoms with Crippen LogP contribution in [0.3, 0.4) is 0 Å². The zero-order chi connectivity index (χ0) is 13.3. The third kappa shape index (κ3) is 2.35. The molecule has 1 heterocycles. The molecule has 4 heteroatoms. The second kappa shape index (κ2) is 5.24. The van der Waals surface area contributed by atoms with Crippen molar-refractivity contribution in [2.75, 3.05) is 6.54 Å². The lowest BCUT2D eigenvalue weighted by molar-refractivity contribution is 0.825. The summed E-state index contributed by atoms with van der Waals surface area (Å²) < 4.78 is 3.11. The van der Waals surface area contributed by atoms with Crippen molar-refractivity contribution < 1.29 is 0 Å². The van der Waals surface area contributed by atoms with E-state index in [1.807, 2.05) is 17.7 Å². The lowest BCUT2D eigenvalue weighted by atomic mass is 10.1. The number of aryl methyl sites for hydroxylation is 2. The van der Waals surface area contributed by atoms with E-state index in [-0.39, 0.29) is 0 Å². The van der Waals surface area contributed by atoms with Crippen LogP contribution in [-0.2, 0) is 6.42 Å². The molecule has 18 heavy (non-hydrogen) atoms. The molecule has 0 aliphatic rings. The van der Waals surface area contributed by atoms with Crippen LogP contribution in [0, 0.1) is 20.8 Å². The summed E-state index contributed by atoms with van der Waals surface area (Å²) >= 11 is 3.49. The molecule has 2 rings (SSSR count). The average Bonchev–Trinajstić information content (AvgIpc) is 2.58. The van der Waals surface area contributed by atoms with Gasteiger partial charge in [-0.15, -0.1) is 0 Å². The highest BCUT2D eigenvalue weighted by atomic mass is 79.9. The van der Waals surface area contributed by atoms with Gasteiger partial charge in [0.15, 0.2) is 0 Å². The third-order valence-corrected chi connectivity index (χ3v) is 3.72. The summed E-state index contributed by atoms with van der Waals surface area (Å²) in [5, 5.41) is 4.64. The predicted molar refractivity (Wildman–Crippen MR) is 78.2 cm³/mol. The van der Waals surface area contributed by atoms with Crippen molar-refractivity contribution in [3.63, 3.8) is 0 Å². The first-order valence-electron chi connectivity index (χ1n) is 6.06. The Morgan fingerprint density at radius 2 is 2.00 bits per heavy atom.